The first kappa shape index (κ1) is 18.4. The van der Waals surface area contributed by atoms with Crippen molar-refractivity contribution in [2.45, 2.75) is 65.2 Å². The fourth-order valence-electron chi connectivity index (χ4n) is 4.79. The number of nitrogens with zero attached hydrogens (tertiary/aromatic N) is 1. The number of benzene rings is 1. The molecule has 2 aliphatic rings. The lowest BCUT2D eigenvalue weighted by molar-refractivity contribution is -0.146. The van der Waals surface area contributed by atoms with Crippen molar-refractivity contribution in [2.24, 2.45) is 17.3 Å². The SMILES string of the molecule is CC(C)C1CCN(C(=O)C2(Cc3ccc(F)cc3)CCCCC2)CC1. The van der Waals surface area contributed by atoms with Gasteiger partial charge < -0.3 is 4.90 Å². The number of amides is 1. The summed E-state index contributed by atoms with van der Waals surface area (Å²) in [6, 6.07) is 6.74. The maximum atomic E-state index is 13.5. The van der Waals surface area contributed by atoms with Crippen LogP contribution in [0.5, 0.6) is 0 Å². The van der Waals surface area contributed by atoms with Gasteiger partial charge in [-0.1, -0.05) is 45.2 Å². The third-order valence-electron chi connectivity index (χ3n) is 6.49. The fourth-order valence-corrected chi connectivity index (χ4v) is 4.79. The summed E-state index contributed by atoms with van der Waals surface area (Å²) in [6.45, 7) is 6.40. The molecule has 2 fully saturated rings. The first-order chi connectivity index (χ1) is 12.0. The van der Waals surface area contributed by atoms with Crippen molar-refractivity contribution in [1.29, 1.82) is 0 Å². The molecule has 0 aromatic heterocycles. The van der Waals surface area contributed by atoms with Crippen LogP contribution < -0.4 is 0 Å². The smallest absolute Gasteiger partial charge is 0.229 e. The highest BCUT2D eigenvalue weighted by Crippen LogP contribution is 2.42. The highest BCUT2D eigenvalue weighted by atomic mass is 19.1. The van der Waals surface area contributed by atoms with Gasteiger partial charge >= 0.3 is 0 Å². The molecule has 1 aliphatic carbocycles. The number of carbonyl (C=O) groups is 1. The van der Waals surface area contributed by atoms with Crippen molar-refractivity contribution in [3.05, 3.63) is 35.6 Å². The van der Waals surface area contributed by atoms with Gasteiger partial charge in [0, 0.05) is 13.1 Å². The van der Waals surface area contributed by atoms with Crippen LogP contribution in [0.25, 0.3) is 0 Å². The molecule has 0 spiro atoms. The van der Waals surface area contributed by atoms with E-state index in [1.54, 1.807) is 0 Å². The summed E-state index contributed by atoms with van der Waals surface area (Å²) >= 11 is 0. The molecule has 1 amide bonds. The van der Waals surface area contributed by atoms with Gasteiger partial charge in [0.15, 0.2) is 0 Å². The molecule has 138 valence electrons. The van der Waals surface area contributed by atoms with Crippen molar-refractivity contribution in [2.75, 3.05) is 13.1 Å². The van der Waals surface area contributed by atoms with Crippen molar-refractivity contribution >= 4 is 5.91 Å². The number of hydrogen-bond acceptors (Lipinski definition) is 1. The third-order valence-corrected chi connectivity index (χ3v) is 6.49. The molecule has 0 unspecified atom stereocenters. The summed E-state index contributed by atoms with van der Waals surface area (Å²) in [6.07, 6.45) is 8.49. The maximum absolute atomic E-state index is 13.5. The van der Waals surface area contributed by atoms with Crippen LogP contribution in [0.1, 0.15) is 64.4 Å². The Balaban J connectivity index is 1.73. The molecule has 1 saturated carbocycles. The van der Waals surface area contributed by atoms with Crippen LogP contribution in [0.4, 0.5) is 4.39 Å². The lowest BCUT2D eigenvalue weighted by Crippen LogP contribution is -2.49. The van der Waals surface area contributed by atoms with Crippen LogP contribution in [-0.2, 0) is 11.2 Å². The first-order valence-electron chi connectivity index (χ1n) is 10.0. The van der Waals surface area contributed by atoms with E-state index in [9.17, 15) is 9.18 Å². The van der Waals surface area contributed by atoms with Crippen LogP contribution in [0.3, 0.4) is 0 Å². The second-order valence-electron chi connectivity index (χ2n) is 8.52. The van der Waals surface area contributed by atoms with Gasteiger partial charge in [-0.2, -0.15) is 0 Å². The van der Waals surface area contributed by atoms with Gasteiger partial charge in [-0.05, 0) is 61.6 Å². The van der Waals surface area contributed by atoms with E-state index < -0.39 is 0 Å². The Bertz CT molecular complexity index is 566. The standard InChI is InChI=1S/C22H32FNO/c1-17(2)19-10-14-24(15-11-19)21(25)22(12-4-3-5-13-22)16-18-6-8-20(23)9-7-18/h6-9,17,19H,3-5,10-16H2,1-2H3. The second-order valence-corrected chi connectivity index (χ2v) is 8.52. The largest absolute Gasteiger partial charge is 0.342 e. The maximum Gasteiger partial charge on any atom is 0.229 e. The molecule has 0 atom stereocenters. The Hall–Kier alpha value is -1.38. The number of rotatable bonds is 4. The quantitative estimate of drug-likeness (QED) is 0.733. The van der Waals surface area contributed by atoms with E-state index in [1.165, 1.54) is 18.6 Å². The number of halogens is 1. The molecule has 0 N–H and O–H groups in total. The highest BCUT2D eigenvalue weighted by Gasteiger charge is 2.42. The summed E-state index contributed by atoms with van der Waals surface area (Å²) in [4.78, 5) is 15.6. The Morgan fingerprint density at radius 3 is 2.28 bits per heavy atom. The Morgan fingerprint density at radius 2 is 1.72 bits per heavy atom. The van der Waals surface area contributed by atoms with Gasteiger partial charge in [0.25, 0.3) is 0 Å². The van der Waals surface area contributed by atoms with Gasteiger partial charge in [-0.25, -0.2) is 4.39 Å². The summed E-state index contributed by atoms with van der Waals surface area (Å²) in [7, 11) is 0. The van der Waals surface area contributed by atoms with Crippen molar-refractivity contribution in [3.63, 3.8) is 0 Å². The predicted molar refractivity (Wildman–Crippen MR) is 99.8 cm³/mol. The monoisotopic (exact) mass is 345 g/mol. The minimum absolute atomic E-state index is 0.205. The van der Waals surface area contributed by atoms with Crippen molar-refractivity contribution < 1.29 is 9.18 Å². The van der Waals surface area contributed by atoms with Crippen LogP contribution in [0.2, 0.25) is 0 Å². The topological polar surface area (TPSA) is 20.3 Å². The third kappa shape index (κ3) is 4.24. The average molecular weight is 346 g/mol. The molecular formula is C22H32FNO. The van der Waals surface area contributed by atoms with Gasteiger partial charge in [0.05, 0.1) is 5.41 Å². The zero-order chi connectivity index (χ0) is 17.9. The summed E-state index contributed by atoms with van der Waals surface area (Å²) in [5, 5.41) is 0. The Labute approximate surface area is 151 Å². The number of carbonyl (C=O) groups excluding carboxylic acids is 1. The first-order valence-corrected chi connectivity index (χ1v) is 10.0. The van der Waals surface area contributed by atoms with E-state index in [4.69, 9.17) is 0 Å². The molecule has 1 aliphatic heterocycles. The van der Waals surface area contributed by atoms with Crippen LogP contribution in [0.15, 0.2) is 24.3 Å². The molecule has 2 nitrogen and oxygen atoms in total. The van der Waals surface area contributed by atoms with Gasteiger partial charge in [-0.15, -0.1) is 0 Å². The summed E-state index contributed by atoms with van der Waals surface area (Å²) in [5.41, 5.74) is 0.828. The van der Waals surface area contributed by atoms with Gasteiger partial charge in [-0.3, -0.25) is 4.79 Å². The molecule has 1 aromatic carbocycles. The zero-order valence-electron chi connectivity index (χ0n) is 15.8. The molecule has 1 heterocycles. The Kier molecular flexibility index (Phi) is 5.81. The molecule has 3 heteroatoms. The molecule has 0 radical (unpaired) electrons. The predicted octanol–water partition coefficient (Wildman–Crippen LogP) is 5.21. The lowest BCUT2D eigenvalue weighted by Gasteiger charge is -2.43. The summed E-state index contributed by atoms with van der Waals surface area (Å²) in [5.74, 6) is 1.62. The van der Waals surface area contributed by atoms with Crippen LogP contribution >= 0.6 is 0 Å². The van der Waals surface area contributed by atoms with E-state index in [0.717, 1.165) is 69.5 Å². The molecule has 1 aromatic rings. The van der Waals surface area contributed by atoms with Crippen LogP contribution in [-0.4, -0.2) is 23.9 Å². The number of piperidine rings is 1. The summed E-state index contributed by atoms with van der Waals surface area (Å²) < 4.78 is 13.2. The zero-order valence-corrected chi connectivity index (χ0v) is 15.8. The van der Waals surface area contributed by atoms with Gasteiger partial charge in [0.1, 0.15) is 5.82 Å². The number of hydrogen-bond donors (Lipinski definition) is 0. The van der Waals surface area contributed by atoms with E-state index in [0.29, 0.717) is 11.8 Å². The van der Waals surface area contributed by atoms with E-state index in [-0.39, 0.29) is 11.2 Å². The fraction of sp³-hybridized carbons (Fsp3) is 0.682. The molecule has 25 heavy (non-hydrogen) atoms. The Morgan fingerprint density at radius 1 is 1.12 bits per heavy atom. The normalized spacial score (nSPS) is 21.5. The van der Waals surface area contributed by atoms with E-state index >= 15 is 0 Å². The highest BCUT2D eigenvalue weighted by molar-refractivity contribution is 5.83. The van der Waals surface area contributed by atoms with E-state index in [1.807, 2.05) is 12.1 Å². The minimum atomic E-state index is -0.263. The molecule has 3 rings (SSSR count). The van der Waals surface area contributed by atoms with Gasteiger partial charge in [0.2, 0.25) is 5.91 Å². The molecule has 0 bridgehead atoms. The lowest BCUT2D eigenvalue weighted by atomic mass is 9.69. The van der Waals surface area contributed by atoms with Crippen LogP contribution in [0, 0.1) is 23.1 Å². The average Bonchev–Trinajstić information content (AvgIpc) is 2.64. The molecule has 1 saturated heterocycles. The number of likely N-dealkylation sites (tertiary alicyclic amines) is 1. The minimum Gasteiger partial charge on any atom is -0.342 e. The second kappa shape index (κ2) is 7.88. The van der Waals surface area contributed by atoms with Crippen molar-refractivity contribution in [3.8, 4) is 0 Å². The molecular weight excluding hydrogens is 313 g/mol. The van der Waals surface area contributed by atoms with Crippen molar-refractivity contribution in [1.82, 2.24) is 4.90 Å². The van der Waals surface area contributed by atoms with E-state index in [2.05, 4.69) is 18.7 Å².